The summed E-state index contributed by atoms with van der Waals surface area (Å²) in [5.74, 6) is 0. The lowest BCUT2D eigenvalue weighted by Gasteiger charge is -2.08. The third kappa shape index (κ3) is 5.06. The monoisotopic (exact) mass is 255 g/mol. The van der Waals surface area contributed by atoms with Crippen molar-refractivity contribution in [1.82, 2.24) is 14.5 Å². The molecule has 0 saturated carbocycles. The minimum absolute atomic E-state index is 0.0717. The fraction of sp³-hybridized carbons (Fsp3) is 0.769. The number of nitrogens with zero attached hydrogens (tertiary/aromatic N) is 2. The van der Waals surface area contributed by atoms with Crippen LogP contribution >= 0.6 is 0 Å². The molecule has 0 atom stereocenters. The first-order chi connectivity index (χ1) is 8.65. The van der Waals surface area contributed by atoms with Gasteiger partial charge in [0.15, 0.2) is 0 Å². The molecule has 0 spiro atoms. The largest absolute Gasteiger partial charge is 0.379 e. The maximum Gasteiger partial charge on any atom is 0.328 e. The number of hydrogen-bond acceptors (Lipinski definition) is 3. The number of nitrogens with one attached hydrogen (secondary N) is 1. The predicted octanol–water partition coefficient (Wildman–Crippen LogP) is 1.07. The molecule has 1 rings (SSSR count). The topological polar surface area (TPSA) is 48.2 Å². The third-order valence-corrected chi connectivity index (χ3v) is 2.74. The number of hydrogen-bond donors (Lipinski definition) is 1. The van der Waals surface area contributed by atoms with Crippen LogP contribution < -0.4 is 11.0 Å². The van der Waals surface area contributed by atoms with Gasteiger partial charge in [-0.3, -0.25) is 9.13 Å². The number of rotatable bonds is 9. The van der Waals surface area contributed by atoms with Gasteiger partial charge in [0.2, 0.25) is 0 Å². The van der Waals surface area contributed by atoms with Crippen LogP contribution in [0, 0.1) is 0 Å². The van der Waals surface area contributed by atoms with E-state index in [4.69, 9.17) is 4.74 Å². The Labute approximate surface area is 109 Å². The lowest BCUT2D eigenvalue weighted by atomic mass is 10.4. The minimum atomic E-state index is 0.0717. The summed E-state index contributed by atoms with van der Waals surface area (Å²) in [6.07, 6.45) is 4.98. The van der Waals surface area contributed by atoms with E-state index >= 15 is 0 Å². The van der Waals surface area contributed by atoms with E-state index in [0.29, 0.717) is 6.10 Å². The van der Waals surface area contributed by atoms with E-state index in [2.05, 4.69) is 5.32 Å². The summed E-state index contributed by atoms with van der Waals surface area (Å²) in [5.41, 5.74) is 0.0717. The SMILES string of the molecule is CCn1ccn(CCNCCCOC(C)C)c1=O. The van der Waals surface area contributed by atoms with Crippen LogP contribution in [-0.2, 0) is 17.8 Å². The van der Waals surface area contributed by atoms with Gasteiger partial charge in [-0.25, -0.2) is 4.79 Å². The zero-order valence-corrected chi connectivity index (χ0v) is 11.7. The maximum atomic E-state index is 11.7. The standard InChI is InChI=1S/C13H25N3O2/c1-4-15-9-10-16(13(15)17)8-7-14-6-5-11-18-12(2)3/h9-10,12,14H,4-8,11H2,1-3H3. The molecule has 0 amide bonds. The van der Waals surface area contributed by atoms with E-state index in [1.54, 1.807) is 9.13 Å². The summed E-state index contributed by atoms with van der Waals surface area (Å²) in [6, 6.07) is 0. The third-order valence-electron chi connectivity index (χ3n) is 2.74. The highest BCUT2D eigenvalue weighted by molar-refractivity contribution is 4.81. The molecule has 0 aliphatic heterocycles. The Kier molecular flexibility index (Phi) is 6.75. The van der Waals surface area contributed by atoms with E-state index in [-0.39, 0.29) is 5.69 Å². The van der Waals surface area contributed by atoms with Crippen molar-refractivity contribution in [2.45, 2.75) is 46.4 Å². The van der Waals surface area contributed by atoms with Crippen LogP contribution in [0.5, 0.6) is 0 Å². The van der Waals surface area contributed by atoms with Gasteiger partial charge in [0.05, 0.1) is 6.10 Å². The fourth-order valence-corrected chi connectivity index (χ4v) is 1.71. The van der Waals surface area contributed by atoms with Gasteiger partial charge in [-0.05, 0) is 33.7 Å². The molecule has 0 unspecified atom stereocenters. The van der Waals surface area contributed by atoms with Crippen molar-refractivity contribution in [2.75, 3.05) is 19.7 Å². The molecule has 5 heteroatoms. The zero-order chi connectivity index (χ0) is 13.4. The van der Waals surface area contributed by atoms with Crippen molar-refractivity contribution in [1.29, 1.82) is 0 Å². The molecule has 0 aliphatic carbocycles. The molecule has 1 aromatic heterocycles. The molecule has 104 valence electrons. The van der Waals surface area contributed by atoms with E-state index in [0.717, 1.165) is 39.2 Å². The van der Waals surface area contributed by atoms with Gasteiger partial charge in [-0.15, -0.1) is 0 Å². The van der Waals surface area contributed by atoms with Gasteiger partial charge < -0.3 is 10.1 Å². The molecule has 0 aromatic carbocycles. The fourth-order valence-electron chi connectivity index (χ4n) is 1.71. The molecule has 0 fully saturated rings. The van der Waals surface area contributed by atoms with E-state index in [1.165, 1.54) is 0 Å². The van der Waals surface area contributed by atoms with Crippen molar-refractivity contribution in [3.63, 3.8) is 0 Å². The molecule has 1 heterocycles. The maximum absolute atomic E-state index is 11.7. The highest BCUT2D eigenvalue weighted by Gasteiger charge is 2.00. The number of imidazole rings is 1. The molecular weight excluding hydrogens is 230 g/mol. The van der Waals surface area contributed by atoms with Crippen molar-refractivity contribution in [3.05, 3.63) is 22.9 Å². The van der Waals surface area contributed by atoms with Gasteiger partial charge in [0.25, 0.3) is 0 Å². The molecule has 1 N–H and O–H groups in total. The first-order valence-corrected chi connectivity index (χ1v) is 6.73. The zero-order valence-electron chi connectivity index (χ0n) is 11.7. The van der Waals surface area contributed by atoms with Crippen LogP contribution in [0.3, 0.4) is 0 Å². The summed E-state index contributed by atoms with van der Waals surface area (Å²) in [6.45, 7) is 10.0. The van der Waals surface area contributed by atoms with Crippen LogP contribution in [0.15, 0.2) is 17.2 Å². The van der Waals surface area contributed by atoms with Crippen molar-refractivity contribution in [2.24, 2.45) is 0 Å². The second-order valence-electron chi connectivity index (χ2n) is 4.58. The predicted molar refractivity (Wildman–Crippen MR) is 72.9 cm³/mol. The molecule has 0 saturated heterocycles. The van der Waals surface area contributed by atoms with Crippen molar-refractivity contribution < 1.29 is 4.74 Å². The van der Waals surface area contributed by atoms with Crippen LogP contribution in [0.1, 0.15) is 27.2 Å². The van der Waals surface area contributed by atoms with Gasteiger partial charge >= 0.3 is 5.69 Å². The molecular formula is C13H25N3O2. The summed E-state index contributed by atoms with van der Waals surface area (Å²) >= 11 is 0. The molecule has 0 bridgehead atoms. The van der Waals surface area contributed by atoms with Crippen molar-refractivity contribution >= 4 is 0 Å². The van der Waals surface area contributed by atoms with Crippen LogP contribution in [-0.4, -0.2) is 34.9 Å². The highest BCUT2D eigenvalue weighted by Crippen LogP contribution is 1.89. The van der Waals surface area contributed by atoms with Crippen LogP contribution in [0.2, 0.25) is 0 Å². The van der Waals surface area contributed by atoms with E-state index < -0.39 is 0 Å². The first-order valence-electron chi connectivity index (χ1n) is 6.73. The summed E-state index contributed by atoms with van der Waals surface area (Å²) in [7, 11) is 0. The second kappa shape index (κ2) is 8.11. The smallest absolute Gasteiger partial charge is 0.328 e. The van der Waals surface area contributed by atoms with Gasteiger partial charge in [0, 0.05) is 38.6 Å². The quantitative estimate of drug-likeness (QED) is 0.672. The average Bonchev–Trinajstić information content (AvgIpc) is 2.69. The first kappa shape index (κ1) is 15.0. The molecule has 1 aromatic rings. The lowest BCUT2D eigenvalue weighted by molar-refractivity contribution is 0.0771. The minimum Gasteiger partial charge on any atom is -0.379 e. The van der Waals surface area contributed by atoms with Crippen molar-refractivity contribution in [3.8, 4) is 0 Å². The number of ether oxygens (including phenoxy) is 1. The van der Waals surface area contributed by atoms with Crippen LogP contribution in [0.25, 0.3) is 0 Å². The Hall–Kier alpha value is -1.07. The Balaban J connectivity index is 2.11. The summed E-state index contributed by atoms with van der Waals surface area (Å²) < 4.78 is 8.89. The summed E-state index contributed by atoms with van der Waals surface area (Å²) in [5, 5.41) is 3.31. The Morgan fingerprint density at radius 2 is 2.00 bits per heavy atom. The average molecular weight is 255 g/mol. The molecule has 0 aliphatic rings. The number of aromatic nitrogens is 2. The lowest BCUT2D eigenvalue weighted by Crippen LogP contribution is -2.29. The molecule has 0 radical (unpaired) electrons. The van der Waals surface area contributed by atoms with Gasteiger partial charge in [-0.1, -0.05) is 0 Å². The van der Waals surface area contributed by atoms with E-state index in [9.17, 15) is 4.79 Å². The van der Waals surface area contributed by atoms with E-state index in [1.807, 2.05) is 33.2 Å². The van der Waals surface area contributed by atoms with Crippen LogP contribution in [0.4, 0.5) is 0 Å². The molecule has 5 nitrogen and oxygen atoms in total. The Morgan fingerprint density at radius 1 is 1.28 bits per heavy atom. The number of aryl methyl sites for hydroxylation is 1. The normalized spacial score (nSPS) is 11.3. The Bertz CT molecular complexity index is 382. The van der Waals surface area contributed by atoms with Gasteiger partial charge in [-0.2, -0.15) is 0 Å². The van der Waals surface area contributed by atoms with Gasteiger partial charge in [0.1, 0.15) is 0 Å². The molecule has 18 heavy (non-hydrogen) atoms. The Morgan fingerprint density at radius 3 is 2.61 bits per heavy atom. The second-order valence-corrected chi connectivity index (χ2v) is 4.58. The highest BCUT2D eigenvalue weighted by atomic mass is 16.5. The summed E-state index contributed by atoms with van der Waals surface area (Å²) in [4.78, 5) is 11.7.